The number of rotatable bonds is 2. The average Bonchev–Trinajstić information content (AvgIpc) is 2.48. The summed E-state index contributed by atoms with van der Waals surface area (Å²) in [6, 6.07) is 15.2. The van der Waals surface area contributed by atoms with E-state index >= 15 is 0 Å². The number of hydrogen-bond donors (Lipinski definition) is 1. The van der Waals surface area contributed by atoms with Crippen molar-refractivity contribution < 1.29 is 5.11 Å². The molecule has 0 aliphatic carbocycles. The molecule has 0 saturated carbocycles. The molecular weight excluding hydrogens is 338 g/mol. The van der Waals surface area contributed by atoms with Crippen molar-refractivity contribution in [3.05, 3.63) is 75.4 Å². The van der Waals surface area contributed by atoms with Crippen LogP contribution in [0.25, 0.3) is 10.9 Å². The van der Waals surface area contributed by atoms with Crippen LogP contribution in [0.4, 0.5) is 0 Å². The van der Waals surface area contributed by atoms with Gasteiger partial charge < -0.3 is 5.11 Å². The summed E-state index contributed by atoms with van der Waals surface area (Å²) in [6.07, 6.45) is 0.890. The molecule has 3 rings (SSSR count). The minimum atomic E-state index is -0.794. The van der Waals surface area contributed by atoms with Gasteiger partial charge in [-0.2, -0.15) is 0 Å². The van der Waals surface area contributed by atoms with E-state index in [0.29, 0.717) is 10.6 Å². The highest BCUT2D eigenvalue weighted by atomic mass is 79.9. The third-order valence-corrected chi connectivity index (χ3v) is 4.02. The van der Waals surface area contributed by atoms with E-state index in [1.54, 1.807) is 12.3 Å². The van der Waals surface area contributed by atoms with Gasteiger partial charge in [-0.15, -0.1) is 0 Å². The number of aromatic nitrogens is 1. The molecule has 20 heavy (non-hydrogen) atoms. The van der Waals surface area contributed by atoms with Crippen LogP contribution >= 0.6 is 27.5 Å². The number of aliphatic hydroxyl groups excluding tert-OH is 1. The molecule has 0 saturated heterocycles. The molecule has 3 aromatic rings. The first-order chi connectivity index (χ1) is 9.65. The van der Waals surface area contributed by atoms with Crippen molar-refractivity contribution in [3.63, 3.8) is 0 Å². The molecule has 1 N–H and O–H groups in total. The summed E-state index contributed by atoms with van der Waals surface area (Å²) in [5.41, 5.74) is 2.30. The lowest BCUT2D eigenvalue weighted by Crippen LogP contribution is -2.01. The Labute approximate surface area is 130 Å². The summed E-state index contributed by atoms with van der Waals surface area (Å²) >= 11 is 9.55. The average molecular weight is 349 g/mol. The van der Waals surface area contributed by atoms with Crippen LogP contribution in [0.5, 0.6) is 0 Å². The summed E-state index contributed by atoms with van der Waals surface area (Å²) < 4.78 is 0.879. The molecule has 2 aromatic carbocycles. The fourth-order valence-corrected chi connectivity index (χ4v) is 2.74. The topological polar surface area (TPSA) is 33.1 Å². The Hall–Kier alpha value is -1.42. The lowest BCUT2D eigenvalue weighted by atomic mass is 10.0. The number of nitrogens with zero attached hydrogens (tertiary/aromatic N) is 1. The minimum absolute atomic E-state index is 0.536. The van der Waals surface area contributed by atoms with Gasteiger partial charge in [0.1, 0.15) is 6.10 Å². The minimum Gasteiger partial charge on any atom is -0.384 e. The largest absolute Gasteiger partial charge is 0.384 e. The molecule has 0 amide bonds. The van der Waals surface area contributed by atoms with E-state index in [1.165, 1.54) is 0 Å². The number of hydrogen-bond acceptors (Lipinski definition) is 2. The Kier molecular flexibility index (Phi) is 3.74. The first-order valence-electron chi connectivity index (χ1n) is 6.13. The Balaban J connectivity index is 2.07. The summed E-state index contributed by atoms with van der Waals surface area (Å²) in [4.78, 5) is 4.37. The molecule has 1 aromatic heterocycles. The van der Waals surface area contributed by atoms with Crippen molar-refractivity contribution in [1.29, 1.82) is 0 Å². The number of pyridine rings is 1. The third-order valence-electron chi connectivity index (χ3n) is 3.18. The van der Waals surface area contributed by atoms with Gasteiger partial charge in [-0.1, -0.05) is 45.7 Å². The number of benzene rings is 2. The second kappa shape index (κ2) is 5.52. The molecule has 0 aliphatic rings. The molecule has 0 aliphatic heterocycles. The summed E-state index contributed by atoms with van der Waals surface area (Å²) in [7, 11) is 0. The standard InChI is InChI=1S/C16H11BrClNO/c17-12-5-6-14(18)13(8-12)16(20)11-7-10-3-1-2-4-15(10)19-9-11/h1-9,16,20H. The number of para-hydroxylation sites is 1. The van der Waals surface area contributed by atoms with Crippen molar-refractivity contribution in [1.82, 2.24) is 4.98 Å². The zero-order chi connectivity index (χ0) is 14.1. The number of halogens is 2. The smallest absolute Gasteiger partial charge is 0.107 e. The van der Waals surface area contributed by atoms with Gasteiger partial charge in [0, 0.05) is 32.2 Å². The van der Waals surface area contributed by atoms with Crippen LogP contribution in [0.3, 0.4) is 0 Å². The first kappa shape index (κ1) is 13.6. The molecule has 0 spiro atoms. The van der Waals surface area contributed by atoms with E-state index < -0.39 is 6.10 Å². The quantitative estimate of drug-likeness (QED) is 0.726. The maximum atomic E-state index is 10.5. The molecule has 0 bridgehead atoms. The molecule has 0 fully saturated rings. The van der Waals surface area contributed by atoms with Crippen LogP contribution in [0.2, 0.25) is 5.02 Å². The highest BCUT2D eigenvalue weighted by molar-refractivity contribution is 9.10. The SMILES string of the molecule is OC(c1cnc2ccccc2c1)c1cc(Br)ccc1Cl. The fourth-order valence-electron chi connectivity index (χ4n) is 2.14. The van der Waals surface area contributed by atoms with Crippen molar-refractivity contribution >= 4 is 38.4 Å². The molecular formula is C16H11BrClNO. The third kappa shape index (κ3) is 2.57. The normalized spacial score (nSPS) is 12.6. The zero-order valence-electron chi connectivity index (χ0n) is 10.4. The van der Waals surface area contributed by atoms with E-state index in [2.05, 4.69) is 20.9 Å². The molecule has 1 atom stereocenters. The van der Waals surface area contributed by atoms with Crippen LogP contribution in [0.15, 0.2) is 59.2 Å². The van der Waals surface area contributed by atoms with Gasteiger partial charge in [0.05, 0.1) is 5.52 Å². The predicted molar refractivity (Wildman–Crippen MR) is 85.0 cm³/mol. The monoisotopic (exact) mass is 347 g/mol. The lowest BCUT2D eigenvalue weighted by Gasteiger charge is -2.14. The zero-order valence-corrected chi connectivity index (χ0v) is 12.8. The van der Waals surface area contributed by atoms with Crippen LogP contribution in [0, 0.1) is 0 Å². The summed E-state index contributed by atoms with van der Waals surface area (Å²) in [5.74, 6) is 0. The second-order valence-electron chi connectivity index (χ2n) is 4.53. The Bertz CT molecular complexity index is 775. The Morgan fingerprint density at radius 1 is 1.10 bits per heavy atom. The van der Waals surface area contributed by atoms with Gasteiger partial charge in [-0.05, 0) is 30.3 Å². The highest BCUT2D eigenvalue weighted by Gasteiger charge is 2.15. The van der Waals surface area contributed by atoms with Crippen LogP contribution in [-0.2, 0) is 0 Å². The van der Waals surface area contributed by atoms with Gasteiger partial charge in [-0.25, -0.2) is 0 Å². The van der Waals surface area contributed by atoms with E-state index in [-0.39, 0.29) is 0 Å². The van der Waals surface area contributed by atoms with Gasteiger partial charge in [0.2, 0.25) is 0 Å². The van der Waals surface area contributed by atoms with Crippen LogP contribution in [0.1, 0.15) is 17.2 Å². The summed E-state index contributed by atoms with van der Waals surface area (Å²) in [5, 5.41) is 12.0. The van der Waals surface area contributed by atoms with Crippen molar-refractivity contribution in [2.75, 3.05) is 0 Å². The van der Waals surface area contributed by atoms with Crippen molar-refractivity contribution in [2.45, 2.75) is 6.10 Å². The Morgan fingerprint density at radius 3 is 2.75 bits per heavy atom. The Morgan fingerprint density at radius 2 is 1.90 bits per heavy atom. The number of aliphatic hydroxyl groups is 1. The van der Waals surface area contributed by atoms with Gasteiger partial charge >= 0.3 is 0 Å². The van der Waals surface area contributed by atoms with E-state index in [4.69, 9.17) is 11.6 Å². The summed E-state index contributed by atoms with van der Waals surface area (Å²) in [6.45, 7) is 0. The van der Waals surface area contributed by atoms with Crippen molar-refractivity contribution in [2.24, 2.45) is 0 Å². The molecule has 1 heterocycles. The van der Waals surface area contributed by atoms with Crippen LogP contribution in [-0.4, -0.2) is 10.1 Å². The van der Waals surface area contributed by atoms with Crippen molar-refractivity contribution in [3.8, 4) is 0 Å². The van der Waals surface area contributed by atoms with E-state index in [9.17, 15) is 5.11 Å². The predicted octanol–water partition coefficient (Wildman–Crippen LogP) is 4.73. The molecule has 4 heteroatoms. The van der Waals surface area contributed by atoms with Gasteiger partial charge in [-0.3, -0.25) is 4.98 Å². The van der Waals surface area contributed by atoms with Gasteiger partial charge in [0.25, 0.3) is 0 Å². The van der Waals surface area contributed by atoms with E-state index in [1.807, 2.05) is 42.5 Å². The maximum Gasteiger partial charge on any atom is 0.107 e. The molecule has 2 nitrogen and oxygen atoms in total. The van der Waals surface area contributed by atoms with Crippen LogP contribution < -0.4 is 0 Å². The number of fused-ring (bicyclic) bond motifs is 1. The molecule has 100 valence electrons. The fraction of sp³-hybridized carbons (Fsp3) is 0.0625. The maximum absolute atomic E-state index is 10.5. The van der Waals surface area contributed by atoms with Gasteiger partial charge in [0.15, 0.2) is 0 Å². The lowest BCUT2D eigenvalue weighted by molar-refractivity contribution is 0.220. The second-order valence-corrected chi connectivity index (χ2v) is 5.85. The first-order valence-corrected chi connectivity index (χ1v) is 7.30. The highest BCUT2D eigenvalue weighted by Crippen LogP contribution is 2.31. The molecule has 0 radical (unpaired) electrons. The molecule has 1 unspecified atom stereocenters. The van der Waals surface area contributed by atoms with E-state index in [0.717, 1.165) is 20.9 Å².